The van der Waals surface area contributed by atoms with Crippen molar-refractivity contribution in [1.29, 1.82) is 0 Å². The SMILES string of the molecule is CC(Nc1ccn2ncc(I)c2n1)c1cc(F)ccc1OCCn1cc(B2OC(C)(C)C(C)(C)O2)cn1. The lowest BCUT2D eigenvalue weighted by atomic mass is 9.82. The Morgan fingerprint density at radius 2 is 1.89 bits per heavy atom. The Labute approximate surface area is 229 Å². The van der Waals surface area contributed by atoms with Crippen LogP contribution in [0.25, 0.3) is 5.65 Å². The smallest absolute Gasteiger partial charge is 0.491 e. The summed E-state index contributed by atoms with van der Waals surface area (Å²) in [6.45, 7) is 10.9. The molecule has 0 saturated carbocycles. The second kappa shape index (κ2) is 9.88. The van der Waals surface area contributed by atoms with E-state index in [2.05, 4.69) is 43.1 Å². The normalized spacial score (nSPS) is 17.3. The fraction of sp³-hybridized carbons (Fsp3) is 0.400. The lowest BCUT2D eigenvalue weighted by Gasteiger charge is -2.32. The monoisotopic (exact) mass is 618 g/mol. The van der Waals surface area contributed by atoms with E-state index < -0.39 is 18.3 Å². The van der Waals surface area contributed by atoms with E-state index in [1.165, 1.54) is 12.1 Å². The molecule has 4 heterocycles. The van der Waals surface area contributed by atoms with Gasteiger partial charge < -0.3 is 19.4 Å². The van der Waals surface area contributed by atoms with Crippen LogP contribution in [0.1, 0.15) is 46.2 Å². The van der Waals surface area contributed by atoms with Crippen molar-refractivity contribution in [1.82, 2.24) is 24.4 Å². The lowest BCUT2D eigenvalue weighted by Crippen LogP contribution is -2.41. The topological polar surface area (TPSA) is 87.7 Å². The van der Waals surface area contributed by atoms with E-state index in [4.69, 9.17) is 14.0 Å². The minimum Gasteiger partial charge on any atom is -0.491 e. The first-order valence-electron chi connectivity index (χ1n) is 12.1. The highest BCUT2D eigenvalue weighted by molar-refractivity contribution is 14.1. The molecular formula is C25H29BFIN6O3. The summed E-state index contributed by atoms with van der Waals surface area (Å²) in [5.74, 6) is 0.934. The number of benzene rings is 1. The van der Waals surface area contributed by atoms with Crippen molar-refractivity contribution in [3.8, 4) is 5.75 Å². The predicted molar refractivity (Wildman–Crippen MR) is 148 cm³/mol. The van der Waals surface area contributed by atoms with Crippen LogP contribution in [0.2, 0.25) is 0 Å². The number of nitrogens with zero attached hydrogens (tertiary/aromatic N) is 5. The molecule has 0 spiro atoms. The minimum atomic E-state index is -0.464. The van der Waals surface area contributed by atoms with Gasteiger partial charge >= 0.3 is 7.12 Å². The van der Waals surface area contributed by atoms with Gasteiger partial charge in [0.25, 0.3) is 0 Å². The Morgan fingerprint density at radius 1 is 1.14 bits per heavy atom. The molecule has 0 amide bonds. The zero-order valence-electron chi connectivity index (χ0n) is 21.4. The zero-order chi connectivity index (χ0) is 26.4. The summed E-state index contributed by atoms with van der Waals surface area (Å²) in [5, 5.41) is 12.0. The van der Waals surface area contributed by atoms with Gasteiger partial charge in [0.2, 0.25) is 0 Å². The summed E-state index contributed by atoms with van der Waals surface area (Å²) in [6.07, 6.45) is 7.25. The van der Waals surface area contributed by atoms with Gasteiger partial charge in [-0.15, -0.1) is 0 Å². The number of ether oxygens (including phenoxy) is 1. The molecule has 9 nitrogen and oxygen atoms in total. The van der Waals surface area contributed by atoms with Crippen LogP contribution in [0, 0.1) is 9.39 Å². The summed E-state index contributed by atoms with van der Waals surface area (Å²) < 4.78 is 36.9. The molecule has 1 aromatic carbocycles. The number of anilines is 1. The third-order valence-electron chi connectivity index (χ3n) is 6.89. The minimum absolute atomic E-state index is 0.249. The first-order chi connectivity index (χ1) is 17.5. The Balaban J connectivity index is 1.23. The van der Waals surface area contributed by atoms with Crippen molar-refractivity contribution in [3.63, 3.8) is 0 Å². The van der Waals surface area contributed by atoms with Gasteiger partial charge in [0, 0.05) is 29.6 Å². The third kappa shape index (κ3) is 5.32. The summed E-state index contributed by atoms with van der Waals surface area (Å²) in [4.78, 5) is 4.62. The van der Waals surface area contributed by atoms with Gasteiger partial charge in [0.05, 0.1) is 33.6 Å². The summed E-state index contributed by atoms with van der Waals surface area (Å²) in [6, 6.07) is 6.12. The molecule has 0 bridgehead atoms. The van der Waals surface area contributed by atoms with Gasteiger partial charge in [-0.2, -0.15) is 10.2 Å². The maximum Gasteiger partial charge on any atom is 0.498 e. The van der Waals surface area contributed by atoms with Gasteiger partial charge in [-0.25, -0.2) is 13.9 Å². The molecule has 1 atom stereocenters. The fourth-order valence-electron chi connectivity index (χ4n) is 4.06. The Kier molecular flexibility index (Phi) is 6.92. The van der Waals surface area contributed by atoms with Crippen molar-refractivity contribution in [2.45, 2.75) is 58.4 Å². The van der Waals surface area contributed by atoms with Crippen LogP contribution in [-0.4, -0.2) is 49.3 Å². The number of hydrogen-bond donors (Lipinski definition) is 1. The van der Waals surface area contributed by atoms with E-state index in [9.17, 15) is 4.39 Å². The standard InChI is InChI=1S/C25H29BFIN6O3/c1-16(31-22-8-9-34-23(32-22)20(28)14-30-34)19-12-18(27)6-7-21(19)35-11-10-33-15-17(13-29-33)26-36-24(2,3)25(4,5)37-26/h6-9,12-16H,10-11H2,1-5H3,(H,31,32). The van der Waals surface area contributed by atoms with Crippen molar-refractivity contribution in [3.05, 3.63) is 64.0 Å². The molecule has 12 heteroatoms. The van der Waals surface area contributed by atoms with Crippen LogP contribution >= 0.6 is 22.6 Å². The molecule has 0 aliphatic carbocycles. The molecule has 1 aliphatic rings. The van der Waals surface area contributed by atoms with E-state index in [1.54, 1.807) is 27.7 Å². The second-order valence-electron chi connectivity index (χ2n) is 10.1. The first-order valence-corrected chi connectivity index (χ1v) is 13.2. The zero-order valence-corrected chi connectivity index (χ0v) is 23.6. The van der Waals surface area contributed by atoms with Gasteiger partial charge in [-0.1, -0.05) is 0 Å². The highest BCUT2D eigenvalue weighted by Gasteiger charge is 2.52. The molecular weight excluding hydrogens is 589 g/mol. The van der Waals surface area contributed by atoms with Crippen LogP contribution in [-0.2, 0) is 15.9 Å². The van der Waals surface area contributed by atoms with E-state index in [0.717, 1.165) is 14.7 Å². The summed E-state index contributed by atoms with van der Waals surface area (Å²) >= 11 is 2.20. The molecule has 0 radical (unpaired) electrons. The number of rotatable bonds is 8. The largest absolute Gasteiger partial charge is 0.498 e. The first kappa shape index (κ1) is 25.9. The molecule has 5 rings (SSSR count). The van der Waals surface area contributed by atoms with Crippen molar-refractivity contribution in [2.75, 3.05) is 11.9 Å². The van der Waals surface area contributed by atoms with Gasteiger partial charge in [0.15, 0.2) is 5.65 Å². The van der Waals surface area contributed by atoms with Crippen LogP contribution in [0.4, 0.5) is 10.2 Å². The Hall–Kier alpha value is -2.71. The average molecular weight is 618 g/mol. The maximum absolute atomic E-state index is 14.2. The molecule has 37 heavy (non-hydrogen) atoms. The van der Waals surface area contributed by atoms with Gasteiger partial charge in [-0.05, 0) is 81.5 Å². The van der Waals surface area contributed by atoms with E-state index in [1.807, 2.05) is 53.1 Å². The highest BCUT2D eigenvalue weighted by atomic mass is 127. The average Bonchev–Trinajstić information content (AvgIpc) is 3.51. The number of hydrogen-bond acceptors (Lipinski definition) is 7. The predicted octanol–water partition coefficient (Wildman–Crippen LogP) is 4.22. The lowest BCUT2D eigenvalue weighted by molar-refractivity contribution is 0.00578. The van der Waals surface area contributed by atoms with Crippen molar-refractivity contribution in [2.24, 2.45) is 0 Å². The van der Waals surface area contributed by atoms with Gasteiger partial charge in [-0.3, -0.25) is 4.68 Å². The fourth-order valence-corrected chi connectivity index (χ4v) is 4.55. The quantitative estimate of drug-likeness (QED) is 0.234. The van der Waals surface area contributed by atoms with Crippen molar-refractivity contribution >= 4 is 46.6 Å². The molecule has 3 aromatic heterocycles. The van der Waals surface area contributed by atoms with E-state index in [-0.39, 0.29) is 11.9 Å². The molecule has 1 saturated heterocycles. The maximum atomic E-state index is 14.2. The van der Waals surface area contributed by atoms with Crippen molar-refractivity contribution < 1.29 is 18.4 Å². The third-order valence-corrected chi connectivity index (χ3v) is 7.65. The van der Waals surface area contributed by atoms with Crippen LogP contribution in [0.5, 0.6) is 5.75 Å². The van der Waals surface area contributed by atoms with Gasteiger partial charge in [0.1, 0.15) is 24.0 Å². The van der Waals surface area contributed by atoms with Crippen LogP contribution in [0.3, 0.4) is 0 Å². The number of aromatic nitrogens is 5. The molecule has 194 valence electrons. The molecule has 4 aromatic rings. The van der Waals surface area contributed by atoms with Crippen LogP contribution < -0.4 is 15.5 Å². The molecule has 1 aliphatic heterocycles. The summed E-state index contributed by atoms with van der Waals surface area (Å²) in [7, 11) is -0.464. The second-order valence-corrected chi connectivity index (χ2v) is 11.3. The summed E-state index contributed by atoms with van der Waals surface area (Å²) in [5.41, 5.74) is 1.49. The van der Waals surface area contributed by atoms with E-state index in [0.29, 0.717) is 30.3 Å². The van der Waals surface area contributed by atoms with E-state index >= 15 is 0 Å². The Bertz CT molecular complexity index is 1410. The number of fused-ring (bicyclic) bond motifs is 1. The Morgan fingerprint density at radius 3 is 2.65 bits per heavy atom. The highest BCUT2D eigenvalue weighted by Crippen LogP contribution is 2.36. The van der Waals surface area contributed by atoms with Crippen LogP contribution in [0.15, 0.2) is 49.1 Å². The molecule has 1 N–H and O–H groups in total. The molecule has 1 fully saturated rings. The molecule has 1 unspecified atom stereocenters. The number of halogens is 2. The number of nitrogens with one attached hydrogen (secondary N) is 1.